The van der Waals surface area contributed by atoms with Gasteiger partial charge in [0.1, 0.15) is 0 Å². The smallest absolute Gasteiger partial charge is 0.294 e. The fraction of sp³-hybridized carbons (Fsp3) is 0.226. The third-order valence-corrected chi connectivity index (χ3v) is 7.13. The van der Waals surface area contributed by atoms with Crippen molar-refractivity contribution in [3.05, 3.63) is 94.9 Å². The molecule has 8 nitrogen and oxygen atoms in total. The van der Waals surface area contributed by atoms with E-state index in [0.717, 1.165) is 5.56 Å². The van der Waals surface area contributed by atoms with Crippen LogP contribution < -0.4 is 19.1 Å². The molecule has 4 aromatic rings. The average Bonchev–Trinajstić information content (AvgIpc) is 3.64. The number of carbonyl (C=O) groups is 2. The van der Waals surface area contributed by atoms with Crippen LogP contribution in [0.2, 0.25) is 0 Å². The first-order valence-electron chi connectivity index (χ1n) is 12.6. The van der Waals surface area contributed by atoms with Crippen molar-refractivity contribution in [2.75, 3.05) is 18.8 Å². The van der Waals surface area contributed by atoms with Gasteiger partial charge in [-0.15, -0.1) is 0 Å². The van der Waals surface area contributed by atoms with Crippen LogP contribution in [0.1, 0.15) is 48.5 Å². The van der Waals surface area contributed by atoms with Crippen molar-refractivity contribution in [1.29, 1.82) is 0 Å². The van der Waals surface area contributed by atoms with E-state index in [0.29, 0.717) is 39.5 Å². The van der Waals surface area contributed by atoms with Crippen molar-refractivity contribution in [3.63, 3.8) is 0 Å². The topological polar surface area (TPSA) is 98.4 Å². The highest BCUT2D eigenvalue weighted by Gasteiger charge is 2.46. The Morgan fingerprint density at radius 2 is 1.74 bits per heavy atom. The second-order valence-corrected chi connectivity index (χ2v) is 10.6. The summed E-state index contributed by atoms with van der Waals surface area (Å²) in [5, 5.41) is 11.8. The van der Waals surface area contributed by atoms with E-state index in [9.17, 15) is 14.7 Å². The molecule has 0 fully saturated rings. The van der Waals surface area contributed by atoms with Gasteiger partial charge in [0, 0.05) is 17.1 Å². The molecule has 1 aromatic heterocycles. The van der Waals surface area contributed by atoms with Gasteiger partial charge in [0.2, 0.25) is 12.6 Å². The number of ketones is 1. The number of amides is 1. The molecule has 1 N–H and O–H groups in total. The summed E-state index contributed by atoms with van der Waals surface area (Å²) in [7, 11) is 1.52. The first kappa shape index (κ1) is 24.6. The Labute approximate surface area is 225 Å². The maximum Gasteiger partial charge on any atom is 0.294 e. The van der Waals surface area contributed by atoms with Crippen LogP contribution in [0.4, 0.5) is 5.69 Å². The Hall–Kier alpha value is -4.72. The molecule has 1 amide bonds. The molecule has 39 heavy (non-hydrogen) atoms. The minimum Gasteiger partial charge on any atom is -0.503 e. The van der Waals surface area contributed by atoms with Crippen molar-refractivity contribution < 1.29 is 33.3 Å². The van der Waals surface area contributed by atoms with Gasteiger partial charge in [-0.05, 0) is 40.8 Å². The Bertz CT molecular complexity index is 1660. The molecule has 0 saturated heterocycles. The maximum absolute atomic E-state index is 14.0. The predicted molar refractivity (Wildman–Crippen MR) is 145 cm³/mol. The van der Waals surface area contributed by atoms with Gasteiger partial charge in [0.25, 0.3) is 5.91 Å². The lowest BCUT2D eigenvalue weighted by atomic mass is 9.85. The lowest BCUT2D eigenvalue weighted by Crippen LogP contribution is -2.31. The van der Waals surface area contributed by atoms with Crippen LogP contribution >= 0.6 is 0 Å². The highest BCUT2D eigenvalue weighted by Crippen LogP contribution is 2.45. The summed E-state index contributed by atoms with van der Waals surface area (Å²) in [6, 6.07) is 18.8. The number of hydrogen-bond donors (Lipinski definition) is 1. The molecule has 0 spiro atoms. The number of aliphatic hydroxyl groups is 1. The average molecular weight is 526 g/mol. The van der Waals surface area contributed by atoms with E-state index in [1.807, 2.05) is 24.3 Å². The Kier molecular flexibility index (Phi) is 5.64. The summed E-state index contributed by atoms with van der Waals surface area (Å²) in [6.45, 7) is 6.40. The van der Waals surface area contributed by atoms with Gasteiger partial charge >= 0.3 is 0 Å². The van der Waals surface area contributed by atoms with Gasteiger partial charge in [-0.1, -0.05) is 57.2 Å². The van der Waals surface area contributed by atoms with Gasteiger partial charge in [0.05, 0.1) is 18.7 Å². The van der Waals surface area contributed by atoms with Crippen molar-refractivity contribution in [1.82, 2.24) is 0 Å². The molecule has 0 saturated carbocycles. The number of rotatable bonds is 5. The fourth-order valence-corrected chi connectivity index (χ4v) is 5.06. The monoisotopic (exact) mass is 525 g/mol. The van der Waals surface area contributed by atoms with Crippen LogP contribution in [0.3, 0.4) is 0 Å². The van der Waals surface area contributed by atoms with E-state index in [2.05, 4.69) is 20.8 Å². The van der Waals surface area contributed by atoms with Crippen molar-refractivity contribution in [3.8, 4) is 17.2 Å². The summed E-state index contributed by atoms with van der Waals surface area (Å²) in [5.74, 6) is -0.416. The minimum absolute atomic E-state index is 0.00676. The van der Waals surface area contributed by atoms with E-state index in [1.54, 1.807) is 42.5 Å². The van der Waals surface area contributed by atoms with Gasteiger partial charge in [0.15, 0.2) is 34.4 Å². The summed E-state index contributed by atoms with van der Waals surface area (Å²) in [4.78, 5) is 29.0. The molecule has 1 unspecified atom stereocenters. The molecule has 0 bridgehead atoms. The highest BCUT2D eigenvalue weighted by atomic mass is 16.7. The number of Topliss-reactive ketones (excluding diaryl/α,β-unsaturated/α-hetero) is 1. The van der Waals surface area contributed by atoms with Gasteiger partial charge < -0.3 is 23.7 Å². The first-order valence-corrected chi connectivity index (χ1v) is 12.6. The standard InChI is InChI=1S/C31H27NO7/c1-31(2,3)19-10-8-17(9-11-19)26-25(27(33)24-14-18-6-5-7-22(36-4)29(18)39-24)28(34)30(35)32(26)20-12-13-21-23(15-20)38-16-37-21/h5-15,26,34H,16H2,1-4H3. The van der Waals surface area contributed by atoms with Crippen LogP contribution in [0, 0.1) is 0 Å². The van der Waals surface area contributed by atoms with Crippen LogP contribution in [-0.4, -0.2) is 30.7 Å². The van der Waals surface area contributed by atoms with Gasteiger partial charge in [-0.3, -0.25) is 14.5 Å². The van der Waals surface area contributed by atoms with Crippen molar-refractivity contribution >= 4 is 28.3 Å². The molecule has 1 atom stereocenters. The van der Waals surface area contributed by atoms with E-state index < -0.39 is 23.5 Å². The zero-order chi connectivity index (χ0) is 27.5. The number of fused-ring (bicyclic) bond motifs is 2. The molecule has 2 aliphatic heterocycles. The predicted octanol–water partition coefficient (Wildman–Crippen LogP) is 6.25. The Morgan fingerprint density at radius 3 is 2.46 bits per heavy atom. The molecule has 0 aliphatic carbocycles. The number of nitrogens with zero attached hydrogens (tertiary/aromatic N) is 1. The molecular formula is C31H27NO7. The second kappa shape index (κ2) is 8.94. The first-order chi connectivity index (χ1) is 18.7. The number of hydrogen-bond acceptors (Lipinski definition) is 7. The molecular weight excluding hydrogens is 498 g/mol. The second-order valence-electron chi connectivity index (χ2n) is 10.6. The normalized spacial score (nSPS) is 16.9. The van der Waals surface area contributed by atoms with Crippen LogP contribution in [0.25, 0.3) is 11.0 Å². The molecule has 0 radical (unpaired) electrons. The SMILES string of the molecule is COc1cccc2cc(C(=O)C3=C(O)C(=O)N(c4ccc5c(c4)OCO5)C3c3ccc(C(C)(C)C)cc3)oc12. The van der Waals surface area contributed by atoms with Crippen LogP contribution in [-0.2, 0) is 10.2 Å². The van der Waals surface area contributed by atoms with Gasteiger partial charge in [-0.2, -0.15) is 0 Å². The molecule has 2 aliphatic rings. The van der Waals surface area contributed by atoms with E-state index in [1.165, 1.54) is 12.0 Å². The van der Waals surface area contributed by atoms with Crippen molar-refractivity contribution in [2.45, 2.75) is 32.2 Å². The number of anilines is 1. The third kappa shape index (κ3) is 4.00. The van der Waals surface area contributed by atoms with E-state index in [4.69, 9.17) is 18.6 Å². The van der Waals surface area contributed by atoms with Gasteiger partial charge in [-0.25, -0.2) is 0 Å². The number of methoxy groups -OCH3 is 1. The fourth-order valence-electron chi connectivity index (χ4n) is 5.06. The zero-order valence-electron chi connectivity index (χ0n) is 22.0. The summed E-state index contributed by atoms with van der Waals surface area (Å²) >= 11 is 0. The number of para-hydroxylation sites is 1. The van der Waals surface area contributed by atoms with Crippen molar-refractivity contribution in [2.24, 2.45) is 0 Å². The van der Waals surface area contributed by atoms with E-state index >= 15 is 0 Å². The Morgan fingerprint density at radius 1 is 1.00 bits per heavy atom. The quantitative estimate of drug-likeness (QED) is 0.308. The number of carbonyl (C=O) groups excluding carboxylic acids is 2. The summed E-state index contributed by atoms with van der Waals surface area (Å²) < 4.78 is 22.2. The minimum atomic E-state index is -0.908. The molecule has 3 heterocycles. The highest BCUT2D eigenvalue weighted by molar-refractivity contribution is 6.20. The van der Waals surface area contributed by atoms with Crippen LogP contribution in [0.5, 0.6) is 17.2 Å². The molecule has 6 rings (SSSR count). The molecule has 198 valence electrons. The zero-order valence-corrected chi connectivity index (χ0v) is 22.0. The molecule has 8 heteroatoms. The third-order valence-electron chi connectivity index (χ3n) is 7.13. The number of benzene rings is 3. The number of ether oxygens (including phenoxy) is 3. The lowest BCUT2D eigenvalue weighted by molar-refractivity contribution is -0.117. The maximum atomic E-state index is 14.0. The number of furan rings is 1. The number of aliphatic hydroxyl groups excluding tert-OH is 1. The largest absolute Gasteiger partial charge is 0.503 e. The lowest BCUT2D eigenvalue weighted by Gasteiger charge is -2.28. The summed E-state index contributed by atoms with van der Waals surface area (Å²) in [5.41, 5.74) is 2.46. The van der Waals surface area contributed by atoms with E-state index in [-0.39, 0.29) is 23.5 Å². The molecule has 3 aromatic carbocycles. The summed E-state index contributed by atoms with van der Waals surface area (Å²) in [6.07, 6.45) is 0. The Balaban J connectivity index is 1.49. The van der Waals surface area contributed by atoms with Crippen LogP contribution in [0.15, 0.2) is 82.5 Å².